The van der Waals surface area contributed by atoms with Crippen LogP contribution in [0, 0.1) is 6.92 Å². The highest BCUT2D eigenvalue weighted by Gasteiger charge is 2.18. The van der Waals surface area contributed by atoms with Crippen molar-refractivity contribution in [2.24, 2.45) is 0 Å². The Labute approximate surface area is 127 Å². The molecule has 1 N–H and O–H groups in total. The van der Waals surface area contributed by atoms with Crippen molar-refractivity contribution >= 4 is 5.82 Å². The second-order valence-corrected chi connectivity index (χ2v) is 6.24. The number of hydrogen-bond acceptors (Lipinski definition) is 3. The first-order valence-electron chi connectivity index (χ1n) is 7.35. The van der Waals surface area contributed by atoms with Crippen LogP contribution >= 0.6 is 0 Å². The fraction of sp³-hybridized carbons (Fsp3) is 0.389. The summed E-state index contributed by atoms with van der Waals surface area (Å²) in [5.74, 6) is 1.84. The van der Waals surface area contributed by atoms with Gasteiger partial charge in [-0.3, -0.25) is 0 Å². The minimum absolute atomic E-state index is 0.0791. The summed E-state index contributed by atoms with van der Waals surface area (Å²) >= 11 is 0. The summed E-state index contributed by atoms with van der Waals surface area (Å²) in [6, 6.07) is 12.2. The van der Waals surface area contributed by atoms with Crippen LogP contribution in [0.4, 0.5) is 5.82 Å². The summed E-state index contributed by atoms with van der Waals surface area (Å²) in [7, 11) is 0. The van der Waals surface area contributed by atoms with E-state index in [1.165, 1.54) is 11.1 Å². The molecule has 0 amide bonds. The first-order chi connectivity index (χ1) is 9.97. The highest BCUT2D eigenvalue weighted by Crippen LogP contribution is 2.32. The van der Waals surface area contributed by atoms with Crippen molar-refractivity contribution in [3.63, 3.8) is 0 Å². The molecule has 0 aliphatic heterocycles. The zero-order valence-corrected chi connectivity index (χ0v) is 13.3. The van der Waals surface area contributed by atoms with E-state index in [1.54, 1.807) is 6.20 Å². The molecule has 1 aromatic heterocycles. The second-order valence-electron chi connectivity index (χ2n) is 6.24. The van der Waals surface area contributed by atoms with Gasteiger partial charge in [0.1, 0.15) is 18.2 Å². The van der Waals surface area contributed by atoms with E-state index in [2.05, 4.69) is 56.2 Å². The molecule has 0 saturated carbocycles. The van der Waals surface area contributed by atoms with Crippen LogP contribution in [0.1, 0.15) is 31.9 Å². The largest absolute Gasteiger partial charge is 0.491 e. The molecule has 0 fully saturated rings. The predicted octanol–water partition coefficient (Wildman–Crippen LogP) is 4.18. The number of rotatable bonds is 5. The van der Waals surface area contributed by atoms with E-state index in [4.69, 9.17) is 4.74 Å². The lowest BCUT2D eigenvalue weighted by Gasteiger charge is -2.23. The molecule has 0 aliphatic carbocycles. The van der Waals surface area contributed by atoms with Crippen LogP contribution in [-0.4, -0.2) is 18.1 Å². The lowest BCUT2D eigenvalue weighted by Crippen LogP contribution is -2.17. The smallest absolute Gasteiger partial charge is 0.125 e. The Kier molecular flexibility index (Phi) is 4.84. The van der Waals surface area contributed by atoms with Gasteiger partial charge in [0.15, 0.2) is 0 Å². The number of aryl methyl sites for hydroxylation is 1. The van der Waals surface area contributed by atoms with Crippen LogP contribution in [0.2, 0.25) is 0 Å². The molecule has 0 atom stereocenters. The lowest BCUT2D eigenvalue weighted by molar-refractivity contribution is 0.323. The minimum Gasteiger partial charge on any atom is -0.491 e. The Bertz CT molecular complexity index is 574. The van der Waals surface area contributed by atoms with E-state index < -0.39 is 0 Å². The fourth-order valence-corrected chi connectivity index (χ4v) is 2.16. The minimum atomic E-state index is 0.0791. The van der Waals surface area contributed by atoms with Crippen LogP contribution in [0.5, 0.6) is 5.75 Å². The second kappa shape index (κ2) is 6.61. The number of hydrogen-bond donors (Lipinski definition) is 1. The highest BCUT2D eigenvalue weighted by atomic mass is 16.5. The molecule has 1 aromatic carbocycles. The van der Waals surface area contributed by atoms with Gasteiger partial charge in [0.05, 0.1) is 6.54 Å². The van der Waals surface area contributed by atoms with Crippen LogP contribution in [0.3, 0.4) is 0 Å². The Balaban J connectivity index is 1.94. The average Bonchev–Trinajstić information content (AvgIpc) is 2.45. The van der Waals surface area contributed by atoms with Gasteiger partial charge in [0.25, 0.3) is 0 Å². The summed E-state index contributed by atoms with van der Waals surface area (Å²) in [5, 5.41) is 3.25. The monoisotopic (exact) mass is 284 g/mol. The zero-order chi connectivity index (χ0) is 15.3. The number of ether oxygens (including phenoxy) is 1. The SMILES string of the molecule is Cc1ccc(OCCNc2ccccn2)c(C(C)(C)C)c1. The number of aromatic nitrogens is 1. The molecule has 0 bridgehead atoms. The lowest BCUT2D eigenvalue weighted by atomic mass is 9.85. The van der Waals surface area contributed by atoms with Crippen molar-refractivity contribution in [1.82, 2.24) is 4.98 Å². The fourth-order valence-electron chi connectivity index (χ4n) is 2.16. The van der Waals surface area contributed by atoms with Crippen LogP contribution in [-0.2, 0) is 5.41 Å². The Morgan fingerprint density at radius 2 is 1.95 bits per heavy atom. The first kappa shape index (κ1) is 15.4. The quantitative estimate of drug-likeness (QED) is 0.836. The predicted molar refractivity (Wildman–Crippen MR) is 88.1 cm³/mol. The van der Waals surface area contributed by atoms with Crippen LogP contribution in [0.25, 0.3) is 0 Å². The van der Waals surface area contributed by atoms with Crippen molar-refractivity contribution in [3.05, 3.63) is 53.7 Å². The Morgan fingerprint density at radius 3 is 2.62 bits per heavy atom. The van der Waals surface area contributed by atoms with Gasteiger partial charge in [0.2, 0.25) is 0 Å². The van der Waals surface area contributed by atoms with Crippen LogP contribution < -0.4 is 10.1 Å². The van der Waals surface area contributed by atoms with Crippen molar-refractivity contribution in [3.8, 4) is 5.75 Å². The van der Waals surface area contributed by atoms with E-state index >= 15 is 0 Å². The molecule has 1 heterocycles. The molecule has 2 aromatic rings. The van der Waals surface area contributed by atoms with Gasteiger partial charge in [-0.05, 0) is 36.1 Å². The Morgan fingerprint density at radius 1 is 1.14 bits per heavy atom. The van der Waals surface area contributed by atoms with E-state index in [1.807, 2.05) is 18.2 Å². The molecule has 112 valence electrons. The maximum atomic E-state index is 5.95. The topological polar surface area (TPSA) is 34.1 Å². The van der Waals surface area contributed by atoms with Crippen LogP contribution in [0.15, 0.2) is 42.6 Å². The number of benzene rings is 1. The number of anilines is 1. The summed E-state index contributed by atoms with van der Waals surface area (Å²) in [5.41, 5.74) is 2.59. The third-order valence-electron chi connectivity index (χ3n) is 3.27. The summed E-state index contributed by atoms with van der Waals surface area (Å²) < 4.78 is 5.95. The molecule has 3 nitrogen and oxygen atoms in total. The average molecular weight is 284 g/mol. The molecular weight excluding hydrogens is 260 g/mol. The van der Waals surface area contributed by atoms with Gasteiger partial charge < -0.3 is 10.1 Å². The van der Waals surface area contributed by atoms with E-state index in [0.29, 0.717) is 6.61 Å². The van der Waals surface area contributed by atoms with Crippen molar-refractivity contribution in [2.75, 3.05) is 18.5 Å². The van der Waals surface area contributed by atoms with Gasteiger partial charge in [-0.25, -0.2) is 4.98 Å². The van der Waals surface area contributed by atoms with Gasteiger partial charge >= 0.3 is 0 Å². The molecule has 21 heavy (non-hydrogen) atoms. The molecular formula is C18H24N2O. The molecule has 0 radical (unpaired) electrons. The number of nitrogens with zero attached hydrogens (tertiary/aromatic N) is 1. The number of nitrogens with one attached hydrogen (secondary N) is 1. The molecule has 0 spiro atoms. The van der Waals surface area contributed by atoms with Crippen molar-refractivity contribution in [1.29, 1.82) is 0 Å². The Hall–Kier alpha value is -2.03. The van der Waals surface area contributed by atoms with Gasteiger partial charge in [-0.15, -0.1) is 0 Å². The van der Waals surface area contributed by atoms with E-state index in [0.717, 1.165) is 18.1 Å². The normalized spacial score (nSPS) is 11.2. The van der Waals surface area contributed by atoms with Gasteiger partial charge in [0, 0.05) is 6.20 Å². The summed E-state index contributed by atoms with van der Waals surface area (Å²) in [6.45, 7) is 10.1. The third kappa shape index (κ3) is 4.48. The van der Waals surface area contributed by atoms with E-state index in [9.17, 15) is 0 Å². The molecule has 0 aliphatic rings. The highest BCUT2D eigenvalue weighted by molar-refractivity contribution is 5.41. The molecule has 2 rings (SSSR count). The third-order valence-corrected chi connectivity index (χ3v) is 3.27. The maximum absolute atomic E-state index is 5.95. The van der Waals surface area contributed by atoms with Crippen molar-refractivity contribution < 1.29 is 4.74 Å². The molecule has 0 unspecified atom stereocenters. The number of pyridine rings is 1. The summed E-state index contributed by atoms with van der Waals surface area (Å²) in [4.78, 5) is 4.23. The maximum Gasteiger partial charge on any atom is 0.125 e. The first-order valence-corrected chi connectivity index (χ1v) is 7.35. The standard InChI is InChI=1S/C18H24N2O/c1-14-8-9-16(15(13-14)18(2,3)4)21-12-11-20-17-7-5-6-10-19-17/h5-10,13H,11-12H2,1-4H3,(H,19,20). The molecule has 0 saturated heterocycles. The van der Waals surface area contributed by atoms with Gasteiger partial charge in [-0.2, -0.15) is 0 Å². The van der Waals surface area contributed by atoms with E-state index in [-0.39, 0.29) is 5.41 Å². The summed E-state index contributed by atoms with van der Waals surface area (Å²) in [6.07, 6.45) is 1.78. The zero-order valence-electron chi connectivity index (χ0n) is 13.3. The van der Waals surface area contributed by atoms with Gasteiger partial charge in [-0.1, -0.05) is 44.5 Å². The van der Waals surface area contributed by atoms with Crippen molar-refractivity contribution in [2.45, 2.75) is 33.1 Å². The molecule has 3 heteroatoms.